The lowest BCUT2D eigenvalue weighted by atomic mass is 10.1. The van der Waals surface area contributed by atoms with Crippen molar-refractivity contribution in [2.45, 2.75) is 40.0 Å². The minimum Gasteiger partial charge on any atom is -0.493 e. The van der Waals surface area contributed by atoms with E-state index in [4.69, 9.17) is 18.9 Å². The fourth-order valence-corrected chi connectivity index (χ4v) is 2.73. The summed E-state index contributed by atoms with van der Waals surface area (Å²) in [5, 5.41) is 2.94. The first-order valence-corrected chi connectivity index (χ1v) is 9.89. The number of hydrogen-bond acceptors (Lipinski definition) is 5. The maximum Gasteiger partial charge on any atom is 0.251 e. The molecule has 0 radical (unpaired) electrons. The van der Waals surface area contributed by atoms with E-state index in [1.165, 1.54) is 0 Å². The van der Waals surface area contributed by atoms with Gasteiger partial charge in [-0.3, -0.25) is 4.79 Å². The zero-order valence-corrected chi connectivity index (χ0v) is 17.7. The molecular formula is C23H31NO5. The number of carbonyl (C=O) groups is 1. The van der Waals surface area contributed by atoms with Crippen molar-refractivity contribution in [1.29, 1.82) is 0 Å². The zero-order chi connectivity index (χ0) is 21.1. The highest BCUT2D eigenvalue weighted by atomic mass is 16.5. The van der Waals surface area contributed by atoms with Gasteiger partial charge >= 0.3 is 0 Å². The van der Waals surface area contributed by atoms with E-state index < -0.39 is 0 Å². The molecule has 0 aliphatic rings. The summed E-state index contributed by atoms with van der Waals surface area (Å²) in [6, 6.07) is 13.2. The van der Waals surface area contributed by atoms with Gasteiger partial charge in [0.1, 0.15) is 0 Å². The van der Waals surface area contributed by atoms with Crippen molar-refractivity contribution >= 4 is 5.91 Å². The van der Waals surface area contributed by atoms with Crippen LogP contribution in [0, 0.1) is 0 Å². The number of amides is 1. The fourth-order valence-electron chi connectivity index (χ4n) is 2.73. The van der Waals surface area contributed by atoms with Crippen LogP contribution in [0.2, 0.25) is 0 Å². The topological polar surface area (TPSA) is 66.0 Å². The maximum atomic E-state index is 12.5. The molecule has 0 atom stereocenters. The van der Waals surface area contributed by atoms with Crippen LogP contribution in [0.1, 0.15) is 42.3 Å². The molecule has 2 aromatic rings. The normalized spacial score (nSPS) is 10.8. The summed E-state index contributed by atoms with van der Waals surface area (Å²) >= 11 is 0. The second kappa shape index (κ2) is 12.1. The van der Waals surface area contributed by atoms with E-state index in [-0.39, 0.29) is 12.0 Å². The van der Waals surface area contributed by atoms with Crippen molar-refractivity contribution in [3.63, 3.8) is 0 Å². The van der Waals surface area contributed by atoms with Gasteiger partial charge in [-0.1, -0.05) is 24.3 Å². The van der Waals surface area contributed by atoms with Crippen LogP contribution in [0.25, 0.3) is 0 Å². The lowest BCUT2D eigenvalue weighted by Gasteiger charge is -2.14. The zero-order valence-electron chi connectivity index (χ0n) is 17.7. The molecule has 2 aromatic carbocycles. The molecule has 1 N–H and O–H groups in total. The second-order valence-electron chi connectivity index (χ2n) is 6.78. The molecule has 0 spiro atoms. The van der Waals surface area contributed by atoms with Crippen LogP contribution in [-0.4, -0.2) is 38.9 Å². The van der Waals surface area contributed by atoms with E-state index in [0.717, 1.165) is 11.1 Å². The molecule has 0 fully saturated rings. The Morgan fingerprint density at radius 1 is 1.00 bits per heavy atom. The number of rotatable bonds is 12. The van der Waals surface area contributed by atoms with Crippen LogP contribution >= 0.6 is 0 Å². The molecule has 0 unspecified atom stereocenters. The van der Waals surface area contributed by atoms with Gasteiger partial charge in [-0.15, -0.1) is 0 Å². The number of nitrogens with one attached hydrogen (secondary N) is 1. The van der Waals surface area contributed by atoms with Gasteiger partial charge in [0.2, 0.25) is 0 Å². The molecule has 0 saturated carbocycles. The van der Waals surface area contributed by atoms with Gasteiger partial charge in [-0.25, -0.2) is 0 Å². The Morgan fingerprint density at radius 2 is 1.76 bits per heavy atom. The third-order valence-electron chi connectivity index (χ3n) is 4.08. The molecule has 0 aromatic heterocycles. The predicted octanol–water partition coefficient (Wildman–Crippen LogP) is 3.97. The van der Waals surface area contributed by atoms with Gasteiger partial charge in [0.15, 0.2) is 11.5 Å². The van der Waals surface area contributed by atoms with Crippen LogP contribution in [0.3, 0.4) is 0 Å². The van der Waals surface area contributed by atoms with Gasteiger partial charge in [-0.2, -0.15) is 0 Å². The van der Waals surface area contributed by atoms with Gasteiger partial charge in [0, 0.05) is 18.7 Å². The smallest absolute Gasteiger partial charge is 0.251 e. The lowest BCUT2D eigenvalue weighted by Crippen LogP contribution is -2.23. The number of ether oxygens (including phenoxy) is 4. The van der Waals surface area contributed by atoms with Crippen LogP contribution in [0.5, 0.6) is 11.5 Å². The third-order valence-corrected chi connectivity index (χ3v) is 4.08. The van der Waals surface area contributed by atoms with E-state index in [9.17, 15) is 4.79 Å². The first-order valence-electron chi connectivity index (χ1n) is 9.89. The Balaban J connectivity index is 1.91. The average molecular weight is 402 g/mol. The van der Waals surface area contributed by atoms with Gasteiger partial charge in [0.05, 0.1) is 33.0 Å². The Morgan fingerprint density at radius 3 is 2.48 bits per heavy atom. The number of carbonyl (C=O) groups excluding carboxylic acids is 1. The first kappa shape index (κ1) is 22.7. The summed E-state index contributed by atoms with van der Waals surface area (Å²) in [4.78, 5) is 12.5. The van der Waals surface area contributed by atoms with Gasteiger partial charge < -0.3 is 24.3 Å². The van der Waals surface area contributed by atoms with Crippen LogP contribution in [0.4, 0.5) is 0 Å². The molecule has 6 heteroatoms. The number of benzene rings is 2. The van der Waals surface area contributed by atoms with E-state index in [1.807, 2.05) is 45.0 Å². The molecule has 0 aliphatic carbocycles. The standard InChI is InChI=1S/C23H31NO5/c1-5-27-11-12-28-16-19-8-6-7-18(13-19)15-24-23(25)20-9-10-21(29-17(2)3)22(14-20)26-4/h6-10,13-14,17H,5,11-12,15-16H2,1-4H3,(H,24,25). The highest BCUT2D eigenvalue weighted by Gasteiger charge is 2.12. The molecule has 29 heavy (non-hydrogen) atoms. The minimum absolute atomic E-state index is 0.0269. The first-order chi connectivity index (χ1) is 14.0. The molecule has 0 aliphatic heterocycles. The lowest BCUT2D eigenvalue weighted by molar-refractivity contribution is 0.0453. The second-order valence-corrected chi connectivity index (χ2v) is 6.78. The quantitative estimate of drug-likeness (QED) is 0.545. The van der Waals surface area contributed by atoms with Crippen LogP contribution in [-0.2, 0) is 22.6 Å². The highest BCUT2D eigenvalue weighted by molar-refractivity contribution is 5.94. The average Bonchev–Trinajstić information content (AvgIpc) is 2.72. The molecule has 2 rings (SSSR count). The molecule has 0 bridgehead atoms. The van der Waals surface area contributed by atoms with Crippen molar-refractivity contribution in [3.05, 3.63) is 59.2 Å². The summed E-state index contributed by atoms with van der Waals surface area (Å²) < 4.78 is 21.9. The van der Waals surface area contributed by atoms with Crippen molar-refractivity contribution in [3.8, 4) is 11.5 Å². The van der Waals surface area contributed by atoms with E-state index in [1.54, 1.807) is 25.3 Å². The number of methoxy groups -OCH3 is 1. The SMILES string of the molecule is CCOCCOCc1cccc(CNC(=O)c2ccc(OC(C)C)c(OC)c2)c1. The Kier molecular flexibility index (Phi) is 9.47. The summed E-state index contributed by atoms with van der Waals surface area (Å²) in [6.07, 6.45) is 0.0269. The molecule has 158 valence electrons. The molecule has 6 nitrogen and oxygen atoms in total. The Bertz CT molecular complexity index is 776. The molecule has 0 heterocycles. The molecule has 0 saturated heterocycles. The molecular weight excluding hydrogens is 370 g/mol. The van der Waals surface area contributed by atoms with Crippen LogP contribution < -0.4 is 14.8 Å². The van der Waals surface area contributed by atoms with Crippen LogP contribution in [0.15, 0.2) is 42.5 Å². The third kappa shape index (κ3) is 7.75. The summed E-state index contributed by atoms with van der Waals surface area (Å²) in [5.41, 5.74) is 2.59. The fraction of sp³-hybridized carbons (Fsp3) is 0.435. The summed E-state index contributed by atoms with van der Waals surface area (Å²) in [7, 11) is 1.56. The van der Waals surface area contributed by atoms with Crippen molar-refractivity contribution < 1.29 is 23.7 Å². The van der Waals surface area contributed by atoms with E-state index in [2.05, 4.69) is 5.32 Å². The van der Waals surface area contributed by atoms with Gasteiger partial charge in [-0.05, 0) is 50.1 Å². The van der Waals surface area contributed by atoms with Crippen molar-refractivity contribution in [2.24, 2.45) is 0 Å². The van der Waals surface area contributed by atoms with E-state index >= 15 is 0 Å². The highest BCUT2D eigenvalue weighted by Crippen LogP contribution is 2.29. The minimum atomic E-state index is -0.169. The number of hydrogen-bond donors (Lipinski definition) is 1. The largest absolute Gasteiger partial charge is 0.493 e. The monoisotopic (exact) mass is 401 g/mol. The molecule has 1 amide bonds. The van der Waals surface area contributed by atoms with E-state index in [0.29, 0.717) is 50.0 Å². The maximum absolute atomic E-state index is 12.5. The van der Waals surface area contributed by atoms with Crippen molar-refractivity contribution in [2.75, 3.05) is 26.9 Å². The summed E-state index contributed by atoms with van der Waals surface area (Å²) in [6.45, 7) is 8.64. The Hall–Kier alpha value is -2.57. The predicted molar refractivity (Wildman–Crippen MR) is 113 cm³/mol. The Labute approximate surface area is 173 Å². The van der Waals surface area contributed by atoms with Gasteiger partial charge in [0.25, 0.3) is 5.91 Å². The summed E-state index contributed by atoms with van der Waals surface area (Å²) in [5.74, 6) is 0.992. The van der Waals surface area contributed by atoms with Crippen molar-refractivity contribution in [1.82, 2.24) is 5.32 Å².